The number of hydrogen-bond donors (Lipinski definition) is 0. The summed E-state index contributed by atoms with van der Waals surface area (Å²) in [4.78, 5) is 5.33. The Hall–Kier alpha value is -0.770. The summed E-state index contributed by atoms with van der Waals surface area (Å²) in [6, 6.07) is -0.142. The molecular weight excluding hydrogens is 156 g/mol. The highest BCUT2D eigenvalue weighted by Gasteiger charge is 2.20. The second kappa shape index (κ2) is 3.76. The number of aliphatic imine (C=N–C) groups is 1. The van der Waals surface area contributed by atoms with Crippen LogP contribution < -0.4 is 5.11 Å². The van der Waals surface area contributed by atoms with Crippen molar-refractivity contribution < 1.29 is 9.84 Å². The molecular formula is C8H15N2O2-. The molecule has 0 N–H and O–H groups in total. The summed E-state index contributed by atoms with van der Waals surface area (Å²) in [6.45, 7) is 5.23. The standard InChI is InChI=1S/C8H16N2O2/c1-6-4-10(8(11)9-3)5-7(2)12-6/h6-7H,4-5H2,1-3H3,(H,9,11)/p-1. The van der Waals surface area contributed by atoms with E-state index in [2.05, 4.69) is 4.99 Å². The van der Waals surface area contributed by atoms with Crippen molar-refractivity contribution in [2.24, 2.45) is 4.99 Å². The van der Waals surface area contributed by atoms with Crippen molar-refractivity contribution in [3.05, 3.63) is 0 Å². The van der Waals surface area contributed by atoms with Gasteiger partial charge in [-0.3, -0.25) is 4.99 Å². The molecule has 4 heteroatoms. The van der Waals surface area contributed by atoms with Crippen LogP contribution >= 0.6 is 0 Å². The molecule has 0 bridgehead atoms. The van der Waals surface area contributed by atoms with Gasteiger partial charge in [0.15, 0.2) is 0 Å². The largest absolute Gasteiger partial charge is 0.846 e. The van der Waals surface area contributed by atoms with Crippen molar-refractivity contribution in [3.63, 3.8) is 0 Å². The molecule has 1 heterocycles. The Kier molecular flexibility index (Phi) is 2.92. The maximum absolute atomic E-state index is 11.2. The predicted molar refractivity (Wildman–Crippen MR) is 44.9 cm³/mol. The lowest BCUT2D eigenvalue weighted by Gasteiger charge is -2.39. The van der Waals surface area contributed by atoms with Crippen LogP contribution in [-0.2, 0) is 4.74 Å². The molecule has 0 aromatic carbocycles. The topological polar surface area (TPSA) is 47.9 Å². The molecule has 1 saturated heterocycles. The van der Waals surface area contributed by atoms with Gasteiger partial charge in [0.05, 0.1) is 12.2 Å². The van der Waals surface area contributed by atoms with E-state index < -0.39 is 0 Å². The van der Waals surface area contributed by atoms with E-state index in [1.165, 1.54) is 7.05 Å². The quantitative estimate of drug-likeness (QED) is 0.362. The first kappa shape index (κ1) is 9.32. The Balaban J connectivity index is 2.55. The molecule has 1 aliphatic heterocycles. The summed E-state index contributed by atoms with van der Waals surface area (Å²) in [5.41, 5.74) is 0. The van der Waals surface area contributed by atoms with E-state index in [0.29, 0.717) is 13.1 Å². The number of ether oxygens (including phenoxy) is 1. The van der Waals surface area contributed by atoms with Crippen molar-refractivity contribution >= 4 is 6.02 Å². The van der Waals surface area contributed by atoms with E-state index in [9.17, 15) is 5.11 Å². The highest BCUT2D eigenvalue weighted by atomic mass is 16.5. The molecule has 4 nitrogen and oxygen atoms in total. The van der Waals surface area contributed by atoms with Crippen molar-refractivity contribution in [2.45, 2.75) is 26.1 Å². The van der Waals surface area contributed by atoms with Crippen LogP contribution in [0.4, 0.5) is 0 Å². The van der Waals surface area contributed by atoms with E-state index in [1.54, 1.807) is 4.90 Å². The fourth-order valence-electron chi connectivity index (χ4n) is 1.48. The van der Waals surface area contributed by atoms with E-state index in [0.717, 1.165) is 0 Å². The zero-order valence-corrected chi connectivity index (χ0v) is 7.78. The number of morpholine rings is 1. The van der Waals surface area contributed by atoms with Crippen molar-refractivity contribution in [2.75, 3.05) is 20.1 Å². The van der Waals surface area contributed by atoms with Crippen LogP contribution in [0.3, 0.4) is 0 Å². The average Bonchev–Trinajstić information content (AvgIpc) is 2.01. The maximum Gasteiger partial charge on any atom is 0.0726 e. The van der Waals surface area contributed by atoms with Crippen LogP contribution in [0.25, 0.3) is 0 Å². The van der Waals surface area contributed by atoms with Gasteiger partial charge in [0.2, 0.25) is 0 Å². The van der Waals surface area contributed by atoms with Crippen LogP contribution in [0.1, 0.15) is 13.8 Å². The molecule has 0 saturated carbocycles. The molecule has 1 fully saturated rings. The molecule has 0 radical (unpaired) electrons. The predicted octanol–water partition coefficient (Wildman–Crippen LogP) is -0.558. The molecule has 1 aliphatic rings. The van der Waals surface area contributed by atoms with Crippen LogP contribution in [0.2, 0.25) is 0 Å². The molecule has 2 unspecified atom stereocenters. The number of amidine groups is 1. The van der Waals surface area contributed by atoms with Crippen molar-refractivity contribution in [1.82, 2.24) is 4.90 Å². The number of hydrogen-bond acceptors (Lipinski definition) is 3. The van der Waals surface area contributed by atoms with Gasteiger partial charge in [0.25, 0.3) is 0 Å². The Morgan fingerprint density at radius 2 is 1.92 bits per heavy atom. The fraction of sp³-hybridized carbons (Fsp3) is 0.875. The summed E-state index contributed by atoms with van der Waals surface area (Å²) < 4.78 is 5.48. The third-order valence-corrected chi connectivity index (χ3v) is 1.88. The van der Waals surface area contributed by atoms with E-state index >= 15 is 0 Å². The Bertz CT molecular complexity index is 172. The van der Waals surface area contributed by atoms with Gasteiger partial charge >= 0.3 is 0 Å². The second-order valence-corrected chi connectivity index (χ2v) is 3.17. The average molecular weight is 171 g/mol. The summed E-state index contributed by atoms with van der Waals surface area (Å²) >= 11 is 0. The normalized spacial score (nSPS) is 32.2. The Morgan fingerprint density at radius 1 is 1.42 bits per heavy atom. The molecule has 0 aliphatic carbocycles. The smallest absolute Gasteiger partial charge is 0.0726 e. The minimum Gasteiger partial charge on any atom is -0.846 e. The number of nitrogens with zero attached hydrogens (tertiary/aromatic N) is 2. The first-order valence-corrected chi connectivity index (χ1v) is 4.17. The molecule has 0 amide bonds. The van der Waals surface area contributed by atoms with Gasteiger partial charge < -0.3 is 14.7 Å². The van der Waals surface area contributed by atoms with Gasteiger partial charge in [-0.25, -0.2) is 0 Å². The van der Waals surface area contributed by atoms with Gasteiger partial charge in [0, 0.05) is 26.2 Å². The Morgan fingerprint density at radius 3 is 2.33 bits per heavy atom. The summed E-state index contributed by atoms with van der Waals surface area (Å²) in [5.74, 6) is 0. The SMILES string of the molecule is CN=C([O-])N1CC(C)OC(C)C1. The maximum atomic E-state index is 11.2. The third kappa shape index (κ3) is 2.11. The van der Waals surface area contributed by atoms with Crippen LogP contribution in [0.5, 0.6) is 0 Å². The lowest BCUT2D eigenvalue weighted by atomic mass is 10.2. The first-order chi connectivity index (χ1) is 5.63. The molecule has 70 valence electrons. The zero-order valence-electron chi connectivity index (χ0n) is 7.78. The monoisotopic (exact) mass is 171 g/mol. The number of rotatable bonds is 0. The summed E-state index contributed by atoms with van der Waals surface area (Å²) in [6.07, 6.45) is 0.249. The van der Waals surface area contributed by atoms with Crippen molar-refractivity contribution in [1.29, 1.82) is 0 Å². The molecule has 12 heavy (non-hydrogen) atoms. The van der Waals surface area contributed by atoms with Crippen LogP contribution in [-0.4, -0.2) is 43.3 Å². The zero-order chi connectivity index (χ0) is 9.14. The highest BCUT2D eigenvalue weighted by Crippen LogP contribution is 2.09. The molecule has 2 atom stereocenters. The first-order valence-electron chi connectivity index (χ1n) is 4.17. The highest BCUT2D eigenvalue weighted by molar-refractivity contribution is 5.69. The van der Waals surface area contributed by atoms with E-state index in [4.69, 9.17) is 4.74 Å². The third-order valence-electron chi connectivity index (χ3n) is 1.88. The summed E-state index contributed by atoms with van der Waals surface area (Å²) in [7, 11) is 1.52. The van der Waals surface area contributed by atoms with Crippen LogP contribution in [0.15, 0.2) is 4.99 Å². The lowest BCUT2D eigenvalue weighted by Crippen LogP contribution is -2.52. The van der Waals surface area contributed by atoms with Gasteiger partial charge in [-0.15, -0.1) is 0 Å². The van der Waals surface area contributed by atoms with E-state index in [1.807, 2.05) is 13.8 Å². The molecule has 0 spiro atoms. The second-order valence-electron chi connectivity index (χ2n) is 3.17. The lowest BCUT2D eigenvalue weighted by molar-refractivity contribution is -0.241. The molecule has 1 rings (SSSR count). The summed E-state index contributed by atoms with van der Waals surface area (Å²) in [5, 5.41) is 11.2. The van der Waals surface area contributed by atoms with E-state index in [-0.39, 0.29) is 18.2 Å². The van der Waals surface area contributed by atoms with Gasteiger partial charge in [-0.05, 0) is 13.8 Å². The molecule has 0 aromatic rings. The minimum atomic E-state index is -0.142. The van der Waals surface area contributed by atoms with Gasteiger partial charge in [-0.2, -0.15) is 0 Å². The Labute approximate surface area is 72.9 Å². The van der Waals surface area contributed by atoms with Crippen LogP contribution in [0, 0.1) is 0 Å². The van der Waals surface area contributed by atoms with Crippen molar-refractivity contribution in [3.8, 4) is 0 Å². The van der Waals surface area contributed by atoms with Gasteiger partial charge in [0.1, 0.15) is 0 Å². The minimum absolute atomic E-state index is 0.124. The molecule has 0 aromatic heterocycles. The van der Waals surface area contributed by atoms with Gasteiger partial charge in [-0.1, -0.05) is 0 Å². The fourth-order valence-corrected chi connectivity index (χ4v) is 1.48.